The number of carbonyl (C=O) groups is 2. The van der Waals surface area contributed by atoms with Crippen LogP contribution in [0, 0.1) is 11.3 Å². The first-order valence-corrected chi connectivity index (χ1v) is 7.80. The molecule has 20 heavy (non-hydrogen) atoms. The highest BCUT2D eigenvalue weighted by Crippen LogP contribution is 2.45. The van der Waals surface area contributed by atoms with Gasteiger partial charge in [-0.25, -0.2) is 0 Å². The molecule has 0 saturated heterocycles. The smallest absolute Gasteiger partial charge is 0.323 e. The van der Waals surface area contributed by atoms with Crippen LogP contribution in [0.5, 0.6) is 0 Å². The minimum atomic E-state index is -1.08. The van der Waals surface area contributed by atoms with Crippen molar-refractivity contribution in [2.75, 3.05) is 14.2 Å². The highest BCUT2D eigenvalue weighted by molar-refractivity contribution is 6.00. The maximum Gasteiger partial charge on any atom is 0.323 e. The molecular formula is C16H28O4. The van der Waals surface area contributed by atoms with Gasteiger partial charge in [0.05, 0.1) is 14.2 Å². The number of esters is 2. The van der Waals surface area contributed by atoms with E-state index in [9.17, 15) is 9.59 Å². The van der Waals surface area contributed by atoms with Gasteiger partial charge in [-0.1, -0.05) is 45.4 Å². The van der Waals surface area contributed by atoms with E-state index in [-0.39, 0.29) is 5.92 Å². The summed E-state index contributed by atoms with van der Waals surface area (Å²) >= 11 is 0. The van der Waals surface area contributed by atoms with E-state index in [1.807, 2.05) is 0 Å². The highest BCUT2D eigenvalue weighted by Gasteiger charge is 2.54. The monoisotopic (exact) mass is 284 g/mol. The molecule has 4 nitrogen and oxygen atoms in total. The maximum absolute atomic E-state index is 12.4. The molecular weight excluding hydrogens is 256 g/mol. The Kier molecular flexibility index (Phi) is 7.03. The molecule has 0 aliphatic heterocycles. The van der Waals surface area contributed by atoms with E-state index in [0.717, 1.165) is 51.4 Å². The third-order valence-electron chi connectivity index (χ3n) is 4.58. The Morgan fingerprint density at radius 1 is 1.00 bits per heavy atom. The van der Waals surface area contributed by atoms with E-state index >= 15 is 0 Å². The molecule has 0 unspecified atom stereocenters. The van der Waals surface area contributed by atoms with Crippen molar-refractivity contribution in [1.29, 1.82) is 0 Å². The van der Waals surface area contributed by atoms with Crippen molar-refractivity contribution in [2.45, 2.75) is 64.7 Å². The fourth-order valence-electron chi connectivity index (χ4n) is 3.44. The van der Waals surface area contributed by atoms with Crippen LogP contribution in [0.15, 0.2) is 0 Å². The lowest BCUT2D eigenvalue weighted by molar-refractivity contribution is -0.174. The number of ether oxygens (including phenoxy) is 2. The average molecular weight is 284 g/mol. The molecule has 0 aromatic rings. The normalized spacial score (nSPS) is 16.1. The van der Waals surface area contributed by atoms with E-state index in [1.165, 1.54) is 14.2 Å². The Bertz CT molecular complexity index is 302. The SMILES string of the molecule is CCCCCCC(C(=O)OC)(C(=O)OC)C1CCCC1. The van der Waals surface area contributed by atoms with Crippen LogP contribution >= 0.6 is 0 Å². The molecule has 1 saturated carbocycles. The van der Waals surface area contributed by atoms with Gasteiger partial charge in [0.2, 0.25) is 0 Å². The van der Waals surface area contributed by atoms with Gasteiger partial charge in [-0.3, -0.25) is 9.59 Å². The van der Waals surface area contributed by atoms with Crippen LogP contribution in [0.3, 0.4) is 0 Å². The first kappa shape index (κ1) is 17.0. The number of rotatable bonds is 8. The standard InChI is InChI=1S/C16H28O4/c1-4-5-6-9-12-16(14(17)19-2,15(18)20-3)13-10-7-8-11-13/h13H,4-12H2,1-3H3. The van der Waals surface area contributed by atoms with Gasteiger partial charge in [-0.05, 0) is 25.2 Å². The van der Waals surface area contributed by atoms with Gasteiger partial charge >= 0.3 is 11.9 Å². The molecule has 0 atom stereocenters. The topological polar surface area (TPSA) is 52.6 Å². The summed E-state index contributed by atoms with van der Waals surface area (Å²) in [6, 6.07) is 0. The van der Waals surface area contributed by atoms with Crippen LogP contribution in [0.4, 0.5) is 0 Å². The van der Waals surface area contributed by atoms with Crippen molar-refractivity contribution in [3.05, 3.63) is 0 Å². The summed E-state index contributed by atoms with van der Waals surface area (Å²) < 4.78 is 9.94. The summed E-state index contributed by atoms with van der Waals surface area (Å²) in [6.07, 6.45) is 8.71. The van der Waals surface area contributed by atoms with Gasteiger partial charge in [0.15, 0.2) is 5.41 Å². The molecule has 1 fully saturated rings. The van der Waals surface area contributed by atoms with E-state index in [1.54, 1.807) is 0 Å². The average Bonchev–Trinajstić information content (AvgIpc) is 3.00. The summed E-state index contributed by atoms with van der Waals surface area (Å²) in [4.78, 5) is 24.7. The number of carbonyl (C=O) groups excluding carboxylic acids is 2. The first-order valence-electron chi connectivity index (χ1n) is 7.80. The van der Waals surface area contributed by atoms with Gasteiger partial charge in [0, 0.05) is 0 Å². The number of unbranched alkanes of at least 4 members (excludes halogenated alkanes) is 3. The second kappa shape index (κ2) is 8.28. The summed E-state index contributed by atoms with van der Waals surface area (Å²) in [6.45, 7) is 2.14. The molecule has 0 spiro atoms. The Balaban J connectivity index is 2.92. The van der Waals surface area contributed by atoms with Crippen molar-refractivity contribution < 1.29 is 19.1 Å². The first-order chi connectivity index (χ1) is 9.63. The van der Waals surface area contributed by atoms with Gasteiger partial charge in [-0.2, -0.15) is 0 Å². The van der Waals surface area contributed by atoms with E-state index < -0.39 is 17.4 Å². The summed E-state index contributed by atoms with van der Waals surface area (Å²) in [5.74, 6) is -0.746. The molecule has 0 N–H and O–H groups in total. The molecule has 116 valence electrons. The Morgan fingerprint density at radius 2 is 1.55 bits per heavy atom. The molecule has 1 rings (SSSR count). The molecule has 1 aliphatic carbocycles. The van der Waals surface area contributed by atoms with Crippen molar-refractivity contribution in [3.8, 4) is 0 Å². The predicted molar refractivity (Wildman–Crippen MR) is 77.2 cm³/mol. The van der Waals surface area contributed by atoms with E-state index in [4.69, 9.17) is 9.47 Å². The second-order valence-electron chi connectivity index (χ2n) is 5.75. The number of hydrogen-bond acceptors (Lipinski definition) is 4. The van der Waals surface area contributed by atoms with Crippen molar-refractivity contribution >= 4 is 11.9 Å². The molecule has 4 heteroatoms. The van der Waals surface area contributed by atoms with Crippen LogP contribution in [0.25, 0.3) is 0 Å². The van der Waals surface area contributed by atoms with Crippen LogP contribution in [0.2, 0.25) is 0 Å². The van der Waals surface area contributed by atoms with Crippen molar-refractivity contribution in [3.63, 3.8) is 0 Å². The minimum absolute atomic E-state index is 0.0732. The lowest BCUT2D eigenvalue weighted by Gasteiger charge is -2.33. The largest absolute Gasteiger partial charge is 0.468 e. The Morgan fingerprint density at radius 3 is 2.00 bits per heavy atom. The molecule has 0 radical (unpaired) electrons. The second-order valence-corrected chi connectivity index (χ2v) is 5.75. The van der Waals surface area contributed by atoms with E-state index in [2.05, 4.69) is 6.92 Å². The molecule has 0 aromatic heterocycles. The quantitative estimate of drug-likeness (QED) is 0.389. The minimum Gasteiger partial charge on any atom is -0.468 e. The van der Waals surface area contributed by atoms with Crippen LogP contribution < -0.4 is 0 Å². The fraction of sp³-hybridized carbons (Fsp3) is 0.875. The summed E-state index contributed by atoms with van der Waals surface area (Å²) in [5, 5.41) is 0. The molecule has 0 amide bonds. The van der Waals surface area contributed by atoms with Crippen molar-refractivity contribution in [2.24, 2.45) is 11.3 Å². The van der Waals surface area contributed by atoms with Gasteiger partial charge in [0.1, 0.15) is 0 Å². The van der Waals surface area contributed by atoms with Crippen LogP contribution in [0.1, 0.15) is 64.7 Å². The zero-order chi connectivity index (χ0) is 15.0. The lowest BCUT2D eigenvalue weighted by Crippen LogP contribution is -2.46. The maximum atomic E-state index is 12.4. The van der Waals surface area contributed by atoms with Gasteiger partial charge < -0.3 is 9.47 Å². The lowest BCUT2D eigenvalue weighted by atomic mass is 9.70. The molecule has 0 heterocycles. The van der Waals surface area contributed by atoms with Gasteiger partial charge in [0.25, 0.3) is 0 Å². The summed E-state index contributed by atoms with van der Waals surface area (Å²) in [7, 11) is 2.72. The van der Waals surface area contributed by atoms with Crippen molar-refractivity contribution in [1.82, 2.24) is 0 Å². The predicted octanol–water partition coefficient (Wildman–Crippen LogP) is 3.48. The third kappa shape index (κ3) is 3.53. The Hall–Kier alpha value is -1.06. The fourth-order valence-corrected chi connectivity index (χ4v) is 3.44. The van der Waals surface area contributed by atoms with E-state index in [0.29, 0.717) is 6.42 Å². The zero-order valence-electron chi connectivity index (χ0n) is 13.1. The Labute approximate surface area is 122 Å². The highest BCUT2D eigenvalue weighted by atomic mass is 16.5. The number of hydrogen-bond donors (Lipinski definition) is 0. The van der Waals surface area contributed by atoms with Crippen LogP contribution in [-0.4, -0.2) is 26.2 Å². The molecule has 1 aliphatic rings. The molecule has 0 aromatic carbocycles. The number of methoxy groups -OCH3 is 2. The zero-order valence-corrected chi connectivity index (χ0v) is 13.1. The van der Waals surface area contributed by atoms with Crippen LogP contribution in [-0.2, 0) is 19.1 Å². The van der Waals surface area contributed by atoms with Gasteiger partial charge in [-0.15, -0.1) is 0 Å². The third-order valence-corrected chi connectivity index (χ3v) is 4.58. The summed E-state index contributed by atoms with van der Waals surface area (Å²) in [5.41, 5.74) is -1.08. The molecule has 0 bridgehead atoms.